The average Bonchev–Trinajstić information content (AvgIpc) is 2.93. The molecule has 25 heavy (non-hydrogen) atoms. The molecule has 1 amide bonds. The SMILES string of the molecule is Cc1cc(N2CCCC(NC(=O)c3ccc(N(C)C)cn3)C2)n(C)n1. The minimum absolute atomic E-state index is 0.113. The maximum absolute atomic E-state index is 12.5. The number of amides is 1. The summed E-state index contributed by atoms with van der Waals surface area (Å²) in [7, 11) is 5.86. The molecule has 0 aliphatic carbocycles. The molecule has 7 nitrogen and oxygen atoms in total. The second kappa shape index (κ2) is 7.13. The van der Waals surface area contributed by atoms with Gasteiger partial charge in [0, 0.05) is 46.3 Å². The summed E-state index contributed by atoms with van der Waals surface area (Å²) in [6, 6.07) is 5.89. The van der Waals surface area contributed by atoms with Crippen molar-refractivity contribution in [2.45, 2.75) is 25.8 Å². The lowest BCUT2D eigenvalue weighted by molar-refractivity contribution is 0.0928. The Morgan fingerprint density at radius 2 is 2.16 bits per heavy atom. The molecule has 0 spiro atoms. The maximum atomic E-state index is 12.5. The molecule has 1 aliphatic rings. The van der Waals surface area contributed by atoms with E-state index in [0.29, 0.717) is 5.69 Å². The molecule has 1 saturated heterocycles. The van der Waals surface area contributed by atoms with E-state index in [-0.39, 0.29) is 11.9 Å². The van der Waals surface area contributed by atoms with E-state index in [1.807, 2.05) is 43.7 Å². The first-order chi connectivity index (χ1) is 11.9. The van der Waals surface area contributed by atoms with Gasteiger partial charge in [-0.25, -0.2) is 4.98 Å². The van der Waals surface area contributed by atoms with Crippen molar-refractivity contribution in [2.75, 3.05) is 37.0 Å². The van der Waals surface area contributed by atoms with Crippen LogP contribution in [0.5, 0.6) is 0 Å². The van der Waals surface area contributed by atoms with Crippen molar-refractivity contribution in [3.63, 3.8) is 0 Å². The zero-order valence-electron chi connectivity index (χ0n) is 15.4. The molecule has 0 bridgehead atoms. The Morgan fingerprint density at radius 1 is 1.36 bits per heavy atom. The number of hydrogen-bond acceptors (Lipinski definition) is 5. The molecule has 0 aromatic carbocycles. The molecule has 3 heterocycles. The quantitative estimate of drug-likeness (QED) is 0.914. The molecular formula is C18H26N6O. The Labute approximate surface area is 148 Å². The van der Waals surface area contributed by atoms with E-state index < -0.39 is 0 Å². The van der Waals surface area contributed by atoms with E-state index in [1.54, 1.807) is 12.3 Å². The van der Waals surface area contributed by atoms with Gasteiger partial charge >= 0.3 is 0 Å². The number of anilines is 2. The van der Waals surface area contributed by atoms with Crippen LogP contribution in [0.1, 0.15) is 29.0 Å². The van der Waals surface area contributed by atoms with Crippen molar-refractivity contribution >= 4 is 17.4 Å². The van der Waals surface area contributed by atoms with Crippen LogP contribution in [0.3, 0.4) is 0 Å². The summed E-state index contributed by atoms with van der Waals surface area (Å²) in [5.74, 6) is 0.989. The Hall–Kier alpha value is -2.57. The number of rotatable bonds is 4. The van der Waals surface area contributed by atoms with Gasteiger partial charge in [-0.3, -0.25) is 9.48 Å². The second-order valence-corrected chi connectivity index (χ2v) is 6.82. The largest absolute Gasteiger partial charge is 0.376 e. The van der Waals surface area contributed by atoms with Crippen molar-refractivity contribution in [2.24, 2.45) is 7.05 Å². The van der Waals surface area contributed by atoms with Crippen molar-refractivity contribution < 1.29 is 4.79 Å². The zero-order valence-corrected chi connectivity index (χ0v) is 15.4. The Bertz CT molecular complexity index is 737. The van der Waals surface area contributed by atoms with Gasteiger partial charge in [0.25, 0.3) is 5.91 Å². The normalized spacial score (nSPS) is 17.4. The van der Waals surface area contributed by atoms with Crippen molar-refractivity contribution in [3.05, 3.63) is 35.8 Å². The predicted octanol–water partition coefficient (Wildman–Crippen LogP) is 1.59. The number of aryl methyl sites for hydroxylation is 2. The van der Waals surface area contributed by atoms with Crippen LogP contribution in [0, 0.1) is 6.92 Å². The predicted molar refractivity (Wildman–Crippen MR) is 99.2 cm³/mol. The second-order valence-electron chi connectivity index (χ2n) is 6.82. The first-order valence-electron chi connectivity index (χ1n) is 8.64. The van der Waals surface area contributed by atoms with Gasteiger partial charge in [0.15, 0.2) is 0 Å². The molecule has 1 atom stereocenters. The summed E-state index contributed by atoms with van der Waals surface area (Å²) in [5.41, 5.74) is 2.44. The molecule has 1 unspecified atom stereocenters. The fraction of sp³-hybridized carbons (Fsp3) is 0.500. The monoisotopic (exact) mass is 342 g/mol. The number of hydrogen-bond donors (Lipinski definition) is 1. The van der Waals surface area contributed by atoms with Crippen LogP contribution in [-0.4, -0.2) is 53.9 Å². The number of pyridine rings is 1. The van der Waals surface area contributed by atoms with Gasteiger partial charge in [-0.05, 0) is 31.9 Å². The lowest BCUT2D eigenvalue weighted by atomic mass is 10.1. The van der Waals surface area contributed by atoms with Gasteiger partial charge in [-0.1, -0.05) is 0 Å². The van der Waals surface area contributed by atoms with Crippen LogP contribution in [0.4, 0.5) is 11.5 Å². The summed E-state index contributed by atoms with van der Waals surface area (Å²) in [5, 5.41) is 7.54. The summed E-state index contributed by atoms with van der Waals surface area (Å²) in [6.45, 7) is 3.78. The highest BCUT2D eigenvalue weighted by molar-refractivity contribution is 5.92. The number of carbonyl (C=O) groups is 1. The molecule has 0 saturated carbocycles. The van der Waals surface area contributed by atoms with Crippen molar-refractivity contribution in [1.82, 2.24) is 20.1 Å². The summed E-state index contributed by atoms with van der Waals surface area (Å²) >= 11 is 0. The third-order valence-corrected chi connectivity index (χ3v) is 4.55. The lowest BCUT2D eigenvalue weighted by Crippen LogP contribution is -2.48. The van der Waals surface area contributed by atoms with E-state index >= 15 is 0 Å². The number of carbonyl (C=O) groups excluding carboxylic acids is 1. The standard InChI is InChI=1S/C18H26N6O/c1-13-10-17(23(4)21-13)24-9-5-6-14(12-24)20-18(25)16-8-7-15(11-19-16)22(2)3/h7-8,10-11,14H,5-6,9,12H2,1-4H3,(H,20,25). The van der Waals surface area contributed by atoms with Crippen molar-refractivity contribution in [1.29, 1.82) is 0 Å². The van der Waals surface area contributed by atoms with E-state index in [9.17, 15) is 4.79 Å². The first-order valence-corrected chi connectivity index (χ1v) is 8.64. The van der Waals surface area contributed by atoms with Crippen molar-refractivity contribution in [3.8, 4) is 0 Å². The van der Waals surface area contributed by atoms with E-state index in [1.165, 1.54) is 0 Å². The molecule has 1 fully saturated rings. The fourth-order valence-electron chi connectivity index (χ4n) is 3.24. The minimum Gasteiger partial charge on any atom is -0.376 e. The average molecular weight is 342 g/mol. The van der Waals surface area contributed by atoms with Gasteiger partial charge in [0.1, 0.15) is 11.5 Å². The summed E-state index contributed by atoms with van der Waals surface area (Å²) < 4.78 is 1.90. The smallest absolute Gasteiger partial charge is 0.270 e. The number of nitrogens with one attached hydrogen (secondary N) is 1. The maximum Gasteiger partial charge on any atom is 0.270 e. The number of piperidine rings is 1. The van der Waals surface area contributed by atoms with Crippen LogP contribution >= 0.6 is 0 Å². The lowest BCUT2D eigenvalue weighted by Gasteiger charge is -2.34. The van der Waals surface area contributed by atoms with Crippen LogP contribution in [-0.2, 0) is 7.05 Å². The highest BCUT2D eigenvalue weighted by atomic mass is 16.1. The Kier molecular flexibility index (Phi) is 4.92. The van der Waals surface area contributed by atoms with Crippen LogP contribution < -0.4 is 15.1 Å². The zero-order chi connectivity index (χ0) is 18.0. The van der Waals surface area contributed by atoms with E-state index in [4.69, 9.17) is 0 Å². The first kappa shape index (κ1) is 17.3. The van der Waals surface area contributed by atoms with Crippen LogP contribution in [0.2, 0.25) is 0 Å². The molecule has 2 aromatic heterocycles. The highest BCUT2D eigenvalue weighted by Crippen LogP contribution is 2.20. The summed E-state index contributed by atoms with van der Waals surface area (Å²) in [6.07, 6.45) is 3.75. The number of aromatic nitrogens is 3. The topological polar surface area (TPSA) is 66.3 Å². The molecule has 3 rings (SSSR count). The van der Waals surface area contributed by atoms with Crippen LogP contribution in [0.15, 0.2) is 24.4 Å². The number of nitrogens with zero attached hydrogens (tertiary/aromatic N) is 5. The molecule has 1 N–H and O–H groups in total. The Balaban J connectivity index is 1.64. The molecule has 134 valence electrons. The molecule has 7 heteroatoms. The van der Waals surface area contributed by atoms with E-state index in [0.717, 1.165) is 43.1 Å². The highest BCUT2D eigenvalue weighted by Gasteiger charge is 2.24. The van der Waals surface area contributed by atoms with Gasteiger partial charge in [-0.2, -0.15) is 5.10 Å². The van der Waals surface area contributed by atoms with Gasteiger partial charge in [0.2, 0.25) is 0 Å². The molecular weight excluding hydrogens is 316 g/mol. The molecule has 1 aliphatic heterocycles. The minimum atomic E-state index is -0.113. The fourth-order valence-corrected chi connectivity index (χ4v) is 3.24. The Morgan fingerprint density at radius 3 is 2.76 bits per heavy atom. The molecule has 2 aromatic rings. The molecule has 0 radical (unpaired) electrons. The van der Waals surface area contributed by atoms with Gasteiger partial charge in [-0.15, -0.1) is 0 Å². The van der Waals surface area contributed by atoms with E-state index in [2.05, 4.69) is 26.4 Å². The van der Waals surface area contributed by atoms with Gasteiger partial charge in [0.05, 0.1) is 17.6 Å². The third-order valence-electron chi connectivity index (χ3n) is 4.55. The third kappa shape index (κ3) is 3.92. The van der Waals surface area contributed by atoms with Crippen LogP contribution in [0.25, 0.3) is 0 Å². The van der Waals surface area contributed by atoms with Gasteiger partial charge < -0.3 is 15.1 Å². The summed E-state index contributed by atoms with van der Waals surface area (Å²) in [4.78, 5) is 21.0.